The molecule has 1 aliphatic heterocycles. The van der Waals surface area contributed by atoms with Gasteiger partial charge in [0.25, 0.3) is 0 Å². The molecule has 1 fully saturated rings. The van der Waals surface area contributed by atoms with E-state index >= 15 is 0 Å². The molecule has 1 aromatic rings. The second-order valence-corrected chi connectivity index (χ2v) is 6.04. The quantitative estimate of drug-likeness (QED) is 0.792. The zero-order valence-electron chi connectivity index (χ0n) is 11.5. The van der Waals surface area contributed by atoms with Crippen LogP contribution in [0.3, 0.4) is 0 Å². The van der Waals surface area contributed by atoms with Crippen molar-refractivity contribution < 1.29 is 9.18 Å². The van der Waals surface area contributed by atoms with Crippen LogP contribution >= 0.6 is 11.8 Å². The van der Waals surface area contributed by atoms with E-state index in [0.29, 0.717) is 12.3 Å². The average Bonchev–Trinajstić information content (AvgIpc) is 2.49. The summed E-state index contributed by atoms with van der Waals surface area (Å²) in [5.41, 5.74) is 0.720. The Morgan fingerprint density at radius 1 is 1.40 bits per heavy atom. The van der Waals surface area contributed by atoms with Gasteiger partial charge in [-0.3, -0.25) is 4.79 Å². The molecule has 0 saturated carbocycles. The van der Waals surface area contributed by atoms with Crippen LogP contribution in [0, 0.1) is 5.82 Å². The third kappa shape index (κ3) is 4.80. The second-order valence-electron chi connectivity index (χ2n) is 4.94. The maximum Gasteiger partial charge on any atom is 0.237 e. The molecule has 2 rings (SSSR count). The van der Waals surface area contributed by atoms with Crippen molar-refractivity contribution in [3.63, 3.8) is 0 Å². The van der Waals surface area contributed by atoms with Gasteiger partial charge in [0.15, 0.2) is 0 Å². The lowest BCUT2D eigenvalue weighted by atomic mass is 10.0. The normalized spacial score (nSPS) is 18.8. The van der Waals surface area contributed by atoms with E-state index in [-0.39, 0.29) is 17.8 Å². The number of hydrogen-bond donors (Lipinski definition) is 2. The molecular weight excluding hydrogens is 275 g/mol. The van der Waals surface area contributed by atoms with Crippen LogP contribution in [0.5, 0.6) is 0 Å². The van der Waals surface area contributed by atoms with Gasteiger partial charge in [-0.1, -0.05) is 24.6 Å². The van der Waals surface area contributed by atoms with E-state index in [9.17, 15) is 9.18 Å². The van der Waals surface area contributed by atoms with Crippen LogP contribution in [0.4, 0.5) is 4.39 Å². The Balaban J connectivity index is 1.59. The lowest BCUT2D eigenvalue weighted by molar-refractivity contribution is -0.123. The number of thioether (sulfide) groups is 1. The lowest BCUT2D eigenvalue weighted by Crippen LogP contribution is -2.47. The van der Waals surface area contributed by atoms with Crippen LogP contribution < -0.4 is 10.6 Å². The van der Waals surface area contributed by atoms with E-state index in [1.54, 1.807) is 23.9 Å². The third-order valence-corrected chi connectivity index (χ3v) is 4.40. The molecule has 1 saturated heterocycles. The van der Waals surface area contributed by atoms with Crippen molar-refractivity contribution in [2.75, 3.05) is 18.8 Å². The van der Waals surface area contributed by atoms with Crippen LogP contribution in [-0.2, 0) is 10.5 Å². The summed E-state index contributed by atoms with van der Waals surface area (Å²) in [5, 5.41) is 6.16. The summed E-state index contributed by atoms with van der Waals surface area (Å²) in [6.45, 7) is 1.57. The summed E-state index contributed by atoms with van der Waals surface area (Å²) in [5.74, 6) is 1.38. The number of carbonyl (C=O) groups excluding carboxylic acids is 1. The van der Waals surface area contributed by atoms with Crippen LogP contribution in [0.2, 0.25) is 0 Å². The van der Waals surface area contributed by atoms with E-state index in [1.807, 2.05) is 6.07 Å². The van der Waals surface area contributed by atoms with Crippen molar-refractivity contribution >= 4 is 17.7 Å². The molecule has 1 amide bonds. The van der Waals surface area contributed by atoms with Crippen molar-refractivity contribution in [3.8, 4) is 0 Å². The first-order valence-corrected chi connectivity index (χ1v) is 8.25. The Labute approximate surface area is 123 Å². The summed E-state index contributed by atoms with van der Waals surface area (Å²) in [6, 6.07) is 6.79. The van der Waals surface area contributed by atoms with Gasteiger partial charge in [0.05, 0.1) is 6.04 Å². The number of halogens is 1. The predicted octanol–water partition coefficient (Wildman–Crippen LogP) is 2.32. The molecule has 0 bridgehead atoms. The van der Waals surface area contributed by atoms with Gasteiger partial charge < -0.3 is 10.6 Å². The highest BCUT2D eigenvalue weighted by molar-refractivity contribution is 7.98. The van der Waals surface area contributed by atoms with Gasteiger partial charge in [-0.05, 0) is 31.0 Å². The molecule has 5 heteroatoms. The fraction of sp³-hybridized carbons (Fsp3) is 0.533. The SMILES string of the molecule is O=C(NCCSCc1ccccc1F)C1CCCCN1. The van der Waals surface area contributed by atoms with Crippen LogP contribution in [0.15, 0.2) is 24.3 Å². The van der Waals surface area contributed by atoms with Crippen molar-refractivity contribution in [3.05, 3.63) is 35.6 Å². The molecule has 0 aliphatic carbocycles. The monoisotopic (exact) mass is 296 g/mol. The van der Waals surface area contributed by atoms with Crippen molar-refractivity contribution in [2.24, 2.45) is 0 Å². The first-order chi connectivity index (χ1) is 9.77. The van der Waals surface area contributed by atoms with E-state index in [0.717, 1.165) is 37.1 Å². The number of amides is 1. The number of carbonyl (C=O) groups is 1. The van der Waals surface area contributed by atoms with Crippen molar-refractivity contribution in [1.82, 2.24) is 10.6 Å². The molecule has 110 valence electrons. The number of rotatable bonds is 6. The van der Waals surface area contributed by atoms with E-state index in [4.69, 9.17) is 0 Å². The van der Waals surface area contributed by atoms with E-state index < -0.39 is 0 Å². The van der Waals surface area contributed by atoms with Crippen LogP contribution in [0.1, 0.15) is 24.8 Å². The Hall–Kier alpha value is -1.07. The zero-order valence-corrected chi connectivity index (χ0v) is 12.3. The first-order valence-electron chi connectivity index (χ1n) is 7.09. The second kappa shape index (κ2) is 8.27. The number of benzene rings is 1. The van der Waals surface area contributed by atoms with Crippen molar-refractivity contribution in [1.29, 1.82) is 0 Å². The van der Waals surface area contributed by atoms with Gasteiger partial charge in [0.1, 0.15) is 5.82 Å². The third-order valence-electron chi connectivity index (χ3n) is 3.39. The molecule has 1 atom stereocenters. The highest BCUT2D eigenvalue weighted by Gasteiger charge is 2.19. The first kappa shape index (κ1) is 15.3. The predicted molar refractivity (Wildman–Crippen MR) is 81.2 cm³/mol. The highest BCUT2D eigenvalue weighted by Crippen LogP contribution is 2.14. The molecule has 2 N–H and O–H groups in total. The zero-order chi connectivity index (χ0) is 14.2. The number of piperidine rings is 1. The maximum absolute atomic E-state index is 13.4. The Morgan fingerprint density at radius 3 is 3.00 bits per heavy atom. The lowest BCUT2D eigenvalue weighted by Gasteiger charge is -2.22. The molecule has 20 heavy (non-hydrogen) atoms. The summed E-state index contributed by atoms with van der Waals surface area (Å²) < 4.78 is 13.4. The topological polar surface area (TPSA) is 41.1 Å². The number of nitrogens with one attached hydrogen (secondary N) is 2. The summed E-state index contributed by atoms with van der Waals surface area (Å²) in [7, 11) is 0. The van der Waals surface area contributed by atoms with Gasteiger partial charge in [0.2, 0.25) is 5.91 Å². The minimum absolute atomic E-state index is 0.0275. The minimum Gasteiger partial charge on any atom is -0.354 e. The molecule has 3 nitrogen and oxygen atoms in total. The minimum atomic E-state index is -0.157. The Bertz CT molecular complexity index is 436. The van der Waals surface area contributed by atoms with Crippen LogP contribution in [-0.4, -0.2) is 30.8 Å². The molecule has 1 aromatic carbocycles. The summed E-state index contributed by atoms with van der Waals surface area (Å²) in [4.78, 5) is 11.8. The molecule has 0 radical (unpaired) electrons. The Kier molecular flexibility index (Phi) is 6.33. The molecule has 1 aliphatic rings. The fourth-order valence-electron chi connectivity index (χ4n) is 2.24. The molecule has 0 spiro atoms. The molecule has 1 heterocycles. The molecule has 0 aromatic heterocycles. The Morgan fingerprint density at radius 2 is 2.25 bits per heavy atom. The summed E-state index contributed by atoms with van der Waals surface area (Å²) in [6.07, 6.45) is 3.20. The van der Waals surface area contributed by atoms with Gasteiger partial charge in [-0.15, -0.1) is 0 Å². The van der Waals surface area contributed by atoms with Gasteiger partial charge in [-0.25, -0.2) is 4.39 Å². The highest BCUT2D eigenvalue weighted by atomic mass is 32.2. The average molecular weight is 296 g/mol. The van der Waals surface area contributed by atoms with Gasteiger partial charge in [-0.2, -0.15) is 11.8 Å². The standard InChI is InChI=1S/C15H21FN2OS/c16-13-6-2-1-5-12(13)11-20-10-9-18-15(19)14-7-3-4-8-17-14/h1-2,5-6,14,17H,3-4,7-11H2,(H,18,19). The largest absolute Gasteiger partial charge is 0.354 e. The fourth-order valence-corrected chi connectivity index (χ4v) is 3.09. The van der Waals surface area contributed by atoms with Gasteiger partial charge in [0, 0.05) is 18.1 Å². The summed E-state index contributed by atoms with van der Waals surface area (Å²) >= 11 is 1.63. The van der Waals surface area contributed by atoms with Crippen LogP contribution in [0.25, 0.3) is 0 Å². The van der Waals surface area contributed by atoms with E-state index in [2.05, 4.69) is 10.6 Å². The molecule has 1 unspecified atom stereocenters. The van der Waals surface area contributed by atoms with Gasteiger partial charge >= 0.3 is 0 Å². The smallest absolute Gasteiger partial charge is 0.237 e. The maximum atomic E-state index is 13.4. The molecular formula is C15H21FN2OS. The number of hydrogen-bond acceptors (Lipinski definition) is 3. The van der Waals surface area contributed by atoms with Crippen molar-refractivity contribution in [2.45, 2.75) is 31.1 Å². The van der Waals surface area contributed by atoms with E-state index in [1.165, 1.54) is 6.07 Å².